The van der Waals surface area contributed by atoms with E-state index in [0.717, 1.165) is 38.5 Å². The molecule has 0 radical (unpaired) electrons. The molecule has 0 fully saturated rings. The summed E-state index contributed by atoms with van der Waals surface area (Å²) in [6.45, 7) is 7.67. The van der Waals surface area contributed by atoms with Gasteiger partial charge in [-0.3, -0.25) is 0 Å². The average Bonchev–Trinajstić information content (AvgIpc) is 2.92. The molecule has 0 aliphatic carbocycles. The third-order valence-corrected chi connectivity index (χ3v) is 12.7. The predicted octanol–water partition coefficient (Wildman–Crippen LogP) is 10.3. The van der Waals surface area contributed by atoms with Crippen molar-refractivity contribution in [2.24, 2.45) is 0 Å². The molecule has 238 valence electrons. The molecule has 0 aromatic rings. The van der Waals surface area contributed by atoms with Crippen LogP contribution in [0.4, 0.5) is 0 Å². The summed E-state index contributed by atoms with van der Waals surface area (Å²) in [4.78, 5) is 21.3. The van der Waals surface area contributed by atoms with Gasteiger partial charge in [0.15, 0.2) is 0 Å². The molecule has 0 atom stereocenters. The maximum atomic E-state index is 13.5. The van der Waals surface area contributed by atoms with Gasteiger partial charge < -0.3 is 0 Å². The van der Waals surface area contributed by atoms with Crippen LogP contribution < -0.4 is 0 Å². The molecule has 7 nitrogen and oxygen atoms in total. The molecular formula is C30H66O7P2. The van der Waals surface area contributed by atoms with E-state index in [1.165, 1.54) is 89.9 Å². The zero-order valence-corrected chi connectivity index (χ0v) is 27.9. The quantitative estimate of drug-likeness (QED) is 0.0586. The summed E-state index contributed by atoms with van der Waals surface area (Å²) in [7, 11) is -8.85. The molecule has 0 aliphatic rings. The Kier molecular flexibility index (Phi) is 28.8. The van der Waals surface area contributed by atoms with Gasteiger partial charge in [-0.25, -0.2) is 0 Å². The molecule has 0 saturated heterocycles. The van der Waals surface area contributed by atoms with Crippen LogP contribution >= 0.6 is 14.9 Å². The molecular weight excluding hydrogens is 534 g/mol. The van der Waals surface area contributed by atoms with Crippen LogP contribution in [0.1, 0.15) is 162 Å². The monoisotopic (exact) mass is 600 g/mol. The van der Waals surface area contributed by atoms with E-state index in [1.54, 1.807) is 0 Å². The van der Waals surface area contributed by atoms with Gasteiger partial charge in [-0.15, -0.1) is 0 Å². The molecule has 0 aromatic heterocycles. The fourth-order valence-corrected chi connectivity index (χ4v) is 8.39. The second kappa shape index (κ2) is 28.5. The molecule has 0 aliphatic heterocycles. The second-order valence-corrected chi connectivity index (χ2v) is 17.3. The summed E-state index contributed by atoms with van der Waals surface area (Å²) >= 11 is 0. The average molecular weight is 601 g/mol. The molecule has 0 heterocycles. The Labute approximate surface area is 242 Å². The zero-order valence-electron chi connectivity index (χ0n) is 26.0. The van der Waals surface area contributed by atoms with Gasteiger partial charge in [0, 0.05) is 0 Å². The normalized spacial score (nSPS) is 12.8. The maximum absolute atomic E-state index is 13.5. The van der Waals surface area contributed by atoms with Crippen molar-refractivity contribution >= 4 is 14.9 Å². The molecule has 2 N–H and O–H groups in total. The van der Waals surface area contributed by atoms with Gasteiger partial charge >= 0.3 is 216 Å². The molecule has 0 bridgehead atoms. The molecule has 0 saturated carbocycles. The van der Waals surface area contributed by atoms with Crippen LogP contribution in [0.25, 0.3) is 0 Å². The molecule has 0 spiro atoms. The van der Waals surface area contributed by atoms with Gasteiger partial charge in [0.2, 0.25) is 0 Å². The summed E-state index contributed by atoms with van der Waals surface area (Å²) in [6.07, 6.45) is 25.5. The first-order valence-corrected chi connectivity index (χ1v) is 20.7. The minimum atomic E-state index is -4.69. The van der Waals surface area contributed by atoms with Gasteiger partial charge in [0.1, 0.15) is 0 Å². The van der Waals surface area contributed by atoms with Crippen molar-refractivity contribution in [1.82, 2.24) is 0 Å². The SMILES string of the molecule is CCCCCCCCCCCCOP(=O)(OCCCCCCCCCCCC)[PH](O)(O)OCCOCCCC. The summed E-state index contributed by atoms with van der Waals surface area (Å²) in [5, 5.41) is 0. The van der Waals surface area contributed by atoms with E-state index >= 15 is 0 Å². The van der Waals surface area contributed by atoms with Crippen LogP contribution in [-0.4, -0.2) is 42.8 Å². The van der Waals surface area contributed by atoms with E-state index < -0.39 is 14.9 Å². The Morgan fingerprint density at radius 2 is 0.821 bits per heavy atom. The fraction of sp³-hybridized carbons (Fsp3) is 1.00. The van der Waals surface area contributed by atoms with E-state index in [4.69, 9.17) is 18.3 Å². The predicted molar refractivity (Wildman–Crippen MR) is 168 cm³/mol. The van der Waals surface area contributed by atoms with E-state index in [-0.39, 0.29) is 26.4 Å². The second-order valence-electron chi connectivity index (χ2n) is 10.9. The van der Waals surface area contributed by atoms with Crippen LogP contribution in [0.3, 0.4) is 0 Å². The van der Waals surface area contributed by atoms with Crippen molar-refractivity contribution in [1.29, 1.82) is 0 Å². The third-order valence-electron chi connectivity index (χ3n) is 7.04. The van der Waals surface area contributed by atoms with Crippen LogP contribution in [0.2, 0.25) is 0 Å². The molecule has 9 heteroatoms. The molecule has 0 amide bonds. The van der Waals surface area contributed by atoms with Crippen molar-refractivity contribution in [3.05, 3.63) is 0 Å². The van der Waals surface area contributed by atoms with Crippen molar-refractivity contribution in [3.63, 3.8) is 0 Å². The molecule has 39 heavy (non-hydrogen) atoms. The van der Waals surface area contributed by atoms with E-state index in [2.05, 4.69) is 20.8 Å². The van der Waals surface area contributed by atoms with Crippen LogP contribution in [0.15, 0.2) is 0 Å². The van der Waals surface area contributed by atoms with Crippen molar-refractivity contribution in [2.75, 3.05) is 33.0 Å². The van der Waals surface area contributed by atoms with Crippen molar-refractivity contribution in [2.45, 2.75) is 162 Å². The first kappa shape index (κ1) is 39.4. The number of ether oxygens (including phenoxy) is 1. The Morgan fingerprint density at radius 1 is 0.462 bits per heavy atom. The molecule has 0 unspecified atom stereocenters. The van der Waals surface area contributed by atoms with E-state index in [0.29, 0.717) is 19.4 Å². The topological polar surface area (TPSA) is 94.5 Å². The number of rotatable bonds is 32. The van der Waals surface area contributed by atoms with E-state index in [1.807, 2.05) is 0 Å². The van der Waals surface area contributed by atoms with Crippen molar-refractivity contribution in [3.8, 4) is 0 Å². The summed E-state index contributed by atoms with van der Waals surface area (Å²) in [5.74, 6) is 0. The Bertz CT molecular complexity index is 519. The standard InChI is InChI=1S/C30H66O7P2/c1-4-7-10-12-14-16-18-20-22-24-27-36-39(33,38(31,32)35-30-29-34-26-9-6-3)37-28-25-23-21-19-17-15-13-11-8-5-2/h31-32,38H,4-30H2,1-3H3. The van der Waals surface area contributed by atoms with Gasteiger partial charge in [0.05, 0.1) is 0 Å². The summed E-state index contributed by atoms with van der Waals surface area (Å²) < 4.78 is 35.4. The first-order valence-electron chi connectivity index (χ1n) is 16.5. The van der Waals surface area contributed by atoms with Crippen LogP contribution in [0, 0.1) is 0 Å². The van der Waals surface area contributed by atoms with Gasteiger partial charge in [0.25, 0.3) is 0 Å². The van der Waals surface area contributed by atoms with Crippen LogP contribution in [-0.2, 0) is 22.9 Å². The first-order chi connectivity index (χ1) is 18.9. The summed E-state index contributed by atoms with van der Waals surface area (Å²) in [6, 6.07) is 0. The Balaban J connectivity index is 4.37. The zero-order chi connectivity index (χ0) is 28.9. The number of hydrogen-bond acceptors (Lipinski definition) is 7. The Morgan fingerprint density at radius 3 is 1.21 bits per heavy atom. The molecule has 0 aromatic carbocycles. The van der Waals surface area contributed by atoms with Crippen molar-refractivity contribution < 1.29 is 32.7 Å². The summed E-state index contributed by atoms with van der Waals surface area (Å²) in [5.41, 5.74) is 0. The van der Waals surface area contributed by atoms with Gasteiger partial charge in [-0.2, -0.15) is 0 Å². The van der Waals surface area contributed by atoms with Gasteiger partial charge in [-0.05, 0) is 0 Å². The number of hydrogen-bond donors (Lipinski definition) is 2. The molecule has 0 rings (SSSR count). The van der Waals surface area contributed by atoms with E-state index in [9.17, 15) is 14.4 Å². The van der Waals surface area contributed by atoms with Gasteiger partial charge in [-0.1, -0.05) is 26.7 Å². The van der Waals surface area contributed by atoms with Crippen LogP contribution in [0.5, 0.6) is 0 Å². The third kappa shape index (κ3) is 23.6. The fourth-order valence-electron chi connectivity index (χ4n) is 4.42. The Hall–Kier alpha value is 0.420. The minimum absolute atomic E-state index is 0.0455. The number of unbranched alkanes of at least 4 members (excludes halogenated alkanes) is 19.